The number of aryl methyl sites for hydroxylation is 3. The summed E-state index contributed by atoms with van der Waals surface area (Å²) < 4.78 is 0. The summed E-state index contributed by atoms with van der Waals surface area (Å²) in [6, 6.07) is 13.9. The Morgan fingerprint density at radius 1 is 1.03 bits per heavy atom. The number of rotatable bonds is 10. The number of nitrogens with zero attached hydrogens (tertiary/aromatic N) is 2. The van der Waals surface area contributed by atoms with Gasteiger partial charge in [-0.1, -0.05) is 51.6 Å². The average molecular weight is 437 g/mol. The van der Waals surface area contributed by atoms with E-state index in [9.17, 15) is 0 Å². The zero-order valence-corrected chi connectivity index (χ0v) is 21.4. The van der Waals surface area contributed by atoms with Gasteiger partial charge in [0.2, 0.25) is 0 Å². The van der Waals surface area contributed by atoms with Gasteiger partial charge in [-0.25, -0.2) is 0 Å². The third kappa shape index (κ3) is 5.77. The van der Waals surface area contributed by atoms with E-state index in [4.69, 9.17) is 12.6 Å². The molecular weight excluding hydrogens is 396 g/mol. The molecule has 2 aromatic rings. The average Bonchev–Trinajstić information content (AvgIpc) is 2.75. The number of allylic oxidation sites excluding steroid dienone is 1. The highest BCUT2D eigenvalue weighted by Crippen LogP contribution is 2.36. The van der Waals surface area contributed by atoms with Crippen molar-refractivity contribution in [2.24, 2.45) is 0 Å². The first-order valence-corrected chi connectivity index (χ1v) is 12.1. The van der Waals surface area contributed by atoms with Gasteiger partial charge in [-0.05, 0) is 87.4 Å². The van der Waals surface area contributed by atoms with Crippen molar-refractivity contribution in [3.05, 3.63) is 76.3 Å². The Balaban J connectivity index is 2.63. The van der Waals surface area contributed by atoms with Crippen molar-refractivity contribution < 1.29 is 0 Å². The Morgan fingerprint density at radius 3 is 2.23 bits per heavy atom. The zero-order chi connectivity index (χ0) is 23.1. The number of benzene rings is 2. The molecule has 0 saturated heterocycles. The van der Waals surface area contributed by atoms with Gasteiger partial charge in [-0.3, -0.25) is 0 Å². The van der Waals surface area contributed by atoms with Gasteiger partial charge >= 0.3 is 0 Å². The first-order valence-electron chi connectivity index (χ1n) is 11.6. The fraction of sp³-hybridized carbons (Fsp3) is 0.429. The zero-order valence-electron chi connectivity index (χ0n) is 20.5. The SMILES string of the molecule is C=C(S)N(/C(=C\C)c1ccc(C)c(CC)c1)c1ccc(CC)c(N(CCC)C(C)C)c1. The maximum atomic E-state index is 4.71. The van der Waals surface area contributed by atoms with Crippen LogP contribution in [-0.2, 0) is 12.8 Å². The molecule has 168 valence electrons. The Morgan fingerprint density at radius 2 is 1.71 bits per heavy atom. The molecule has 0 aliphatic carbocycles. The van der Waals surface area contributed by atoms with Crippen molar-refractivity contribution in [1.29, 1.82) is 0 Å². The molecule has 3 heteroatoms. The predicted molar refractivity (Wildman–Crippen MR) is 143 cm³/mol. The van der Waals surface area contributed by atoms with Crippen LogP contribution in [-0.4, -0.2) is 12.6 Å². The maximum absolute atomic E-state index is 4.71. The molecule has 0 N–H and O–H groups in total. The van der Waals surface area contributed by atoms with Gasteiger partial charge in [0, 0.05) is 29.7 Å². The fourth-order valence-corrected chi connectivity index (χ4v) is 4.44. The summed E-state index contributed by atoms with van der Waals surface area (Å²) in [5.41, 5.74) is 8.79. The molecular formula is C28H40N2S. The van der Waals surface area contributed by atoms with E-state index in [1.165, 1.54) is 27.9 Å². The largest absolute Gasteiger partial charge is 0.369 e. The van der Waals surface area contributed by atoms with E-state index >= 15 is 0 Å². The van der Waals surface area contributed by atoms with E-state index in [1.54, 1.807) is 0 Å². The van der Waals surface area contributed by atoms with Crippen LogP contribution in [0.15, 0.2) is 54.1 Å². The normalized spacial score (nSPS) is 11.7. The number of hydrogen-bond donors (Lipinski definition) is 1. The van der Waals surface area contributed by atoms with Crippen molar-refractivity contribution in [1.82, 2.24) is 0 Å². The van der Waals surface area contributed by atoms with Gasteiger partial charge in [0.1, 0.15) is 0 Å². The summed E-state index contributed by atoms with van der Waals surface area (Å²) in [5.74, 6) is 0. The highest BCUT2D eigenvalue weighted by atomic mass is 32.1. The summed E-state index contributed by atoms with van der Waals surface area (Å²) in [6.07, 6.45) is 5.32. The summed E-state index contributed by atoms with van der Waals surface area (Å²) >= 11 is 4.71. The van der Waals surface area contributed by atoms with Crippen LogP contribution in [0.25, 0.3) is 5.70 Å². The number of thiol groups is 1. The fourth-order valence-electron chi connectivity index (χ4n) is 4.22. The van der Waals surface area contributed by atoms with Crippen molar-refractivity contribution in [2.45, 2.75) is 73.8 Å². The van der Waals surface area contributed by atoms with Crippen LogP contribution in [0.2, 0.25) is 0 Å². The molecule has 2 rings (SSSR count). The third-order valence-corrected chi connectivity index (χ3v) is 6.10. The van der Waals surface area contributed by atoms with E-state index in [2.05, 4.69) is 107 Å². The molecule has 0 radical (unpaired) electrons. The van der Waals surface area contributed by atoms with Gasteiger partial charge in [0.05, 0.1) is 5.03 Å². The lowest BCUT2D eigenvalue weighted by Crippen LogP contribution is -2.32. The van der Waals surface area contributed by atoms with Crippen LogP contribution in [0, 0.1) is 6.92 Å². The lowest BCUT2D eigenvalue weighted by atomic mass is 10.00. The minimum absolute atomic E-state index is 0.443. The van der Waals surface area contributed by atoms with E-state index in [0.717, 1.165) is 37.2 Å². The third-order valence-electron chi connectivity index (χ3n) is 5.90. The van der Waals surface area contributed by atoms with E-state index in [-0.39, 0.29) is 0 Å². The second-order valence-corrected chi connectivity index (χ2v) is 8.89. The predicted octanol–water partition coefficient (Wildman–Crippen LogP) is 8.01. The molecule has 0 atom stereocenters. The standard InChI is InChI=1S/C28H40N2S/c1-9-17-29(20(5)6)28-19-26(16-15-23(28)10-2)30(22(8)31)27(12-4)25-14-13-21(7)24(11-3)18-25/h12-16,18-20,31H,8-11,17H2,1-7H3/b27-12-. The molecule has 31 heavy (non-hydrogen) atoms. The smallest absolute Gasteiger partial charge is 0.0694 e. The van der Waals surface area contributed by atoms with E-state index in [0.29, 0.717) is 11.1 Å². The molecule has 0 saturated carbocycles. The van der Waals surface area contributed by atoms with Crippen LogP contribution < -0.4 is 9.80 Å². The second kappa shape index (κ2) is 11.5. The van der Waals surface area contributed by atoms with E-state index < -0.39 is 0 Å². The van der Waals surface area contributed by atoms with Crippen LogP contribution >= 0.6 is 12.6 Å². The molecule has 0 bridgehead atoms. The Hall–Kier alpha value is -2.13. The first-order chi connectivity index (χ1) is 14.8. The summed E-state index contributed by atoms with van der Waals surface area (Å²) in [4.78, 5) is 4.68. The highest BCUT2D eigenvalue weighted by molar-refractivity contribution is 7.84. The minimum Gasteiger partial charge on any atom is -0.369 e. The lowest BCUT2D eigenvalue weighted by molar-refractivity contribution is 0.668. The van der Waals surface area contributed by atoms with Crippen molar-refractivity contribution in [2.75, 3.05) is 16.3 Å². The molecule has 0 fully saturated rings. The highest BCUT2D eigenvalue weighted by Gasteiger charge is 2.20. The first kappa shape index (κ1) is 25.1. The number of anilines is 2. The Bertz CT molecular complexity index is 927. The van der Waals surface area contributed by atoms with Crippen LogP contribution in [0.1, 0.15) is 70.2 Å². The lowest BCUT2D eigenvalue weighted by Gasteiger charge is -2.33. The Labute approximate surface area is 196 Å². The Kier molecular flexibility index (Phi) is 9.31. The molecule has 2 aromatic carbocycles. The monoisotopic (exact) mass is 436 g/mol. The van der Waals surface area contributed by atoms with Gasteiger partial charge in [-0.2, -0.15) is 0 Å². The van der Waals surface area contributed by atoms with E-state index in [1.807, 2.05) is 0 Å². The molecule has 0 spiro atoms. The summed E-state index contributed by atoms with van der Waals surface area (Å²) in [7, 11) is 0. The maximum Gasteiger partial charge on any atom is 0.0694 e. The molecule has 0 amide bonds. The summed E-state index contributed by atoms with van der Waals surface area (Å²) in [6.45, 7) is 20.7. The van der Waals surface area contributed by atoms with Crippen molar-refractivity contribution in [3.8, 4) is 0 Å². The molecule has 2 nitrogen and oxygen atoms in total. The quantitative estimate of drug-likeness (QED) is 0.377. The van der Waals surface area contributed by atoms with Crippen LogP contribution in [0.5, 0.6) is 0 Å². The molecule has 0 aliphatic heterocycles. The summed E-state index contributed by atoms with van der Waals surface area (Å²) in [5, 5.41) is 0.716. The van der Waals surface area contributed by atoms with Crippen LogP contribution in [0.4, 0.5) is 11.4 Å². The van der Waals surface area contributed by atoms with Gasteiger partial charge in [0.25, 0.3) is 0 Å². The second-order valence-electron chi connectivity index (χ2n) is 8.37. The number of hydrogen-bond acceptors (Lipinski definition) is 3. The van der Waals surface area contributed by atoms with Gasteiger partial charge in [0.15, 0.2) is 0 Å². The topological polar surface area (TPSA) is 6.48 Å². The molecule has 0 heterocycles. The molecule has 0 aliphatic rings. The van der Waals surface area contributed by atoms with Gasteiger partial charge < -0.3 is 9.80 Å². The van der Waals surface area contributed by atoms with Crippen molar-refractivity contribution >= 4 is 29.7 Å². The molecule has 0 unspecified atom stereocenters. The van der Waals surface area contributed by atoms with Crippen LogP contribution in [0.3, 0.4) is 0 Å². The minimum atomic E-state index is 0.443. The van der Waals surface area contributed by atoms with Crippen molar-refractivity contribution in [3.63, 3.8) is 0 Å². The molecule has 0 aromatic heterocycles. The van der Waals surface area contributed by atoms with Gasteiger partial charge in [-0.15, -0.1) is 12.6 Å².